The summed E-state index contributed by atoms with van der Waals surface area (Å²) < 4.78 is 62.1. The van der Waals surface area contributed by atoms with Gasteiger partial charge in [-0.25, -0.2) is 8.42 Å². The van der Waals surface area contributed by atoms with E-state index < -0.39 is 38.1 Å². The van der Waals surface area contributed by atoms with Gasteiger partial charge in [-0.1, -0.05) is 11.6 Å². The molecule has 0 unspecified atom stereocenters. The first kappa shape index (κ1) is 16.8. The topological polar surface area (TPSA) is 91.1 Å². The molecule has 0 aliphatic carbocycles. The summed E-state index contributed by atoms with van der Waals surface area (Å²) in [5, 5.41) is 1.72. The summed E-state index contributed by atoms with van der Waals surface area (Å²) in [6, 6.07) is -2.29. The van der Waals surface area contributed by atoms with E-state index in [2.05, 4.69) is 10.3 Å². The number of H-pyrrole nitrogens is 1. The number of aromatic amines is 1. The van der Waals surface area contributed by atoms with Crippen LogP contribution in [0.4, 0.5) is 13.2 Å². The second-order valence-corrected chi connectivity index (χ2v) is 5.87. The molecule has 0 saturated heterocycles. The fourth-order valence-electron chi connectivity index (χ4n) is 1.24. The Morgan fingerprint density at radius 2 is 2.00 bits per heavy atom. The molecule has 114 valence electrons. The minimum atomic E-state index is -4.74. The van der Waals surface area contributed by atoms with Gasteiger partial charge in [-0.3, -0.25) is 4.79 Å². The lowest BCUT2D eigenvalue weighted by molar-refractivity contribution is -0.147. The Kier molecular flexibility index (Phi) is 4.72. The van der Waals surface area contributed by atoms with Crippen molar-refractivity contribution in [3.63, 3.8) is 0 Å². The summed E-state index contributed by atoms with van der Waals surface area (Å²) in [6.45, 7) is 0.651. The highest BCUT2D eigenvalue weighted by molar-refractivity contribution is 7.89. The number of carbonyl (C=O) groups is 1. The van der Waals surface area contributed by atoms with Crippen LogP contribution >= 0.6 is 11.6 Å². The van der Waals surface area contributed by atoms with E-state index in [1.54, 1.807) is 0 Å². The van der Waals surface area contributed by atoms with Crippen LogP contribution in [0.3, 0.4) is 0 Å². The monoisotopic (exact) mass is 333 g/mol. The summed E-state index contributed by atoms with van der Waals surface area (Å²) in [6.07, 6.45) is -3.89. The molecule has 0 spiro atoms. The van der Waals surface area contributed by atoms with Crippen LogP contribution < -0.4 is 10.0 Å². The molecule has 0 radical (unpaired) electrons. The van der Waals surface area contributed by atoms with Gasteiger partial charge in [0.25, 0.3) is 5.91 Å². The number of hydrogen-bond acceptors (Lipinski definition) is 3. The summed E-state index contributed by atoms with van der Waals surface area (Å²) in [4.78, 5) is 13.0. The molecular weight excluding hydrogens is 323 g/mol. The maximum absolute atomic E-state index is 12.4. The molecule has 1 aromatic rings. The predicted octanol–water partition coefficient (Wildman–Crippen LogP) is 1.26. The van der Waals surface area contributed by atoms with Gasteiger partial charge in [-0.2, -0.15) is 17.9 Å². The van der Waals surface area contributed by atoms with E-state index in [4.69, 9.17) is 11.6 Å². The van der Waals surface area contributed by atoms with Gasteiger partial charge < -0.3 is 10.3 Å². The standard InChI is InChI=1S/C9H11ClF3N3O3S/c1-4(9(11,12)13)16-20(18,19)5-3-15-7(6(5)10)8(17)14-2/h3-4,15-16H,1-2H3,(H,14,17)/t4-/m1/s1. The first-order chi connectivity index (χ1) is 9.00. The van der Waals surface area contributed by atoms with Gasteiger partial charge in [0.15, 0.2) is 0 Å². The third-order valence-electron chi connectivity index (χ3n) is 2.35. The predicted molar refractivity (Wildman–Crippen MR) is 65.0 cm³/mol. The van der Waals surface area contributed by atoms with E-state index in [0.29, 0.717) is 6.92 Å². The Morgan fingerprint density at radius 1 is 1.45 bits per heavy atom. The number of alkyl halides is 3. The van der Waals surface area contributed by atoms with Gasteiger partial charge in [-0.15, -0.1) is 0 Å². The summed E-state index contributed by atoms with van der Waals surface area (Å²) in [7, 11) is -3.22. The van der Waals surface area contributed by atoms with Crippen LogP contribution in [0.15, 0.2) is 11.1 Å². The van der Waals surface area contributed by atoms with Gasteiger partial charge in [-0.05, 0) is 6.92 Å². The molecule has 1 heterocycles. The number of carbonyl (C=O) groups excluding carboxylic acids is 1. The number of sulfonamides is 1. The van der Waals surface area contributed by atoms with Gasteiger partial charge in [0.05, 0.1) is 5.02 Å². The normalized spacial score (nSPS) is 14.1. The molecule has 6 nitrogen and oxygen atoms in total. The molecule has 1 aromatic heterocycles. The van der Waals surface area contributed by atoms with Gasteiger partial charge in [0, 0.05) is 13.2 Å². The first-order valence-electron chi connectivity index (χ1n) is 5.18. The minimum absolute atomic E-state index is 0.255. The van der Waals surface area contributed by atoms with Crippen LogP contribution in [-0.4, -0.2) is 38.6 Å². The van der Waals surface area contributed by atoms with Crippen molar-refractivity contribution in [2.24, 2.45) is 0 Å². The largest absolute Gasteiger partial charge is 0.404 e. The fourth-order valence-corrected chi connectivity index (χ4v) is 3.01. The second-order valence-electron chi connectivity index (χ2n) is 3.81. The molecule has 20 heavy (non-hydrogen) atoms. The van der Waals surface area contributed by atoms with Crippen LogP contribution in [-0.2, 0) is 10.0 Å². The molecule has 11 heteroatoms. The van der Waals surface area contributed by atoms with E-state index in [1.165, 1.54) is 11.8 Å². The van der Waals surface area contributed by atoms with Crippen molar-refractivity contribution in [3.8, 4) is 0 Å². The highest BCUT2D eigenvalue weighted by Gasteiger charge is 2.39. The molecule has 0 fully saturated rings. The van der Waals surface area contributed by atoms with Crippen molar-refractivity contribution in [1.29, 1.82) is 0 Å². The SMILES string of the molecule is CNC(=O)c1[nH]cc(S(=O)(=O)N[C@H](C)C(F)(F)F)c1Cl. The van der Waals surface area contributed by atoms with E-state index in [9.17, 15) is 26.4 Å². The zero-order chi connectivity index (χ0) is 15.7. The number of hydrogen-bond donors (Lipinski definition) is 3. The lowest BCUT2D eigenvalue weighted by Crippen LogP contribution is -2.42. The molecule has 0 aliphatic rings. The Balaban J connectivity index is 3.12. The van der Waals surface area contributed by atoms with Crippen LogP contribution in [0.25, 0.3) is 0 Å². The Morgan fingerprint density at radius 3 is 2.45 bits per heavy atom. The average molecular weight is 334 g/mol. The van der Waals surface area contributed by atoms with Gasteiger partial charge in [0.2, 0.25) is 10.0 Å². The molecule has 1 atom stereocenters. The summed E-state index contributed by atoms with van der Waals surface area (Å²) in [5.74, 6) is -0.694. The van der Waals surface area contributed by atoms with E-state index in [-0.39, 0.29) is 5.69 Å². The molecule has 1 amide bonds. The molecule has 3 N–H and O–H groups in total. The molecule has 0 bridgehead atoms. The molecule has 0 aliphatic heterocycles. The minimum Gasteiger partial charge on any atom is -0.355 e. The molecule has 0 saturated carbocycles. The molecular formula is C9H11ClF3N3O3S. The van der Waals surface area contributed by atoms with Crippen molar-refractivity contribution in [1.82, 2.24) is 15.0 Å². The maximum Gasteiger partial charge on any atom is 0.404 e. The summed E-state index contributed by atoms with van der Waals surface area (Å²) in [5.41, 5.74) is -0.255. The van der Waals surface area contributed by atoms with Crippen LogP contribution in [0.5, 0.6) is 0 Å². The van der Waals surface area contributed by atoms with Crippen molar-refractivity contribution in [2.75, 3.05) is 7.05 Å². The average Bonchev–Trinajstić information content (AvgIpc) is 2.69. The van der Waals surface area contributed by atoms with Gasteiger partial charge in [0.1, 0.15) is 16.6 Å². The number of rotatable bonds is 4. The molecule has 1 rings (SSSR count). The number of nitrogens with one attached hydrogen (secondary N) is 3. The number of amides is 1. The third kappa shape index (κ3) is 3.44. The fraction of sp³-hybridized carbons (Fsp3) is 0.444. The van der Waals surface area contributed by atoms with Crippen molar-refractivity contribution >= 4 is 27.5 Å². The van der Waals surface area contributed by atoms with Crippen molar-refractivity contribution in [3.05, 3.63) is 16.9 Å². The smallest absolute Gasteiger partial charge is 0.355 e. The van der Waals surface area contributed by atoms with Crippen molar-refractivity contribution in [2.45, 2.75) is 24.0 Å². The van der Waals surface area contributed by atoms with Crippen LogP contribution in [0, 0.1) is 0 Å². The van der Waals surface area contributed by atoms with Gasteiger partial charge >= 0.3 is 6.18 Å². The van der Waals surface area contributed by atoms with E-state index >= 15 is 0 Å². The quantitative estimate of drug-likeness (QED) is 0.774. The first-order valence-corrected chi connectivity index (χ1v) is 7.04. The zero-order valence-corrected chi connectivity index (χ0v) is 11.9. The van der Waals surface area contributed by atoms with E-state index in [0.717, 1.165) is 6.20 Å². The Labute approximate surface area is 117 Å². The lowest BCUT2D eigenvalue weighted by atomic mass is 10.4. The molecule has 0 aromatic carbocycles. The van der Waals surface area contributed by atoms with Crippen LogP contribution in [0.2, 0.25) is 5.02 Å². The Bertz CT molecular complexity index is 612. The van der Waals surface area contributed by atoms with E-state index in [1.807, 2.05) is 0 Å². The highest BCUT2D eigenvalue weighted by atomic mass is 35.5. The Hall–Kier alpha value is -1.26. The summed E-state index contributed by atoms with van der Waals surface area (Å²) >= 11 is 5.69. The maximum atomic E-state index is 12.4. The van der Waals surface area contributed by atoms with Crippen molar-refractivity contribution < 1.29 is 26.4 Å². The van der Waals surface area contributed by atoms with Crippen LogP contribution in [0.1, 0.15) is 17.4 Å². The second kappa shape index (κ2) is 5.62. The number of aromatic nitrogens is 1. The lowest BCUT2D eigenvalue weighted by Gasteiger charge is -2.16. The zero-order valence-electron chi connectivity index (χ0n) is 10.3. The number of halogens is 4. The third-order valence-corrected chi connectivity index (χ3v) is 4.42. The highest BCUT2D eigenvalue weighted by Crippen LogP contribution is 2.27.